The van der Waals surface area contributed by atoms with Crippen LogP contribution in [0.15, 0.2) is 0 Å². The Morgan fingerprint density at radius 2 is 2.21 bits per heavy atom. The largest absolute Gasteiger partial charge is 0.299 e. The molecule has 0 radical (unpaired) electrons. The van der Waals surface area contributed by atoms with Gasteiger partial charge in [-0.2, -0.15) is 5.26 Å². The summed E-state index contributed by atoms with van der Waals surface area (Å²) >= 11 is 0. The molecule has 2 atom stereocenters. The number of nitrogens with one attached hydrogen (secondary N) is 1. The molecule has 14 heavy (non-hydrogen) atoms. The van der Waals surface area contributed by atoms with Crippen LogP contribution in [-0.4, -0.2) is 12.1 Å². The van der Waals surface area contributed by atoms with Crippen LogP contribution in [0.2, 0.25) is 0 Å². The summed E-state index contributed by atoms with van der Waals surface area (Å²) in [5.74, 6) is 0. The van der Waals surface area contributed by atoms with Gasteiger partial charge in [0, 0.05) is 6.04 Å². The molecular formula is C12H22N2. The number of rotatable bonds is 3. The first-order valence-corrected chi connectivity index (χ1v) is 5.76. The highest BCUT2D eigenvalue weighted by atomic mass is 15.0. The zero-order valence-corrected chi connectivity index (χ0v) is 9.64. The Kier molecular flexibility index (Phi) is 3.95. The SMILES string of the molecule is CCC(C#N)NC1CCCCC1(C)C. The highest BCUT2D eigenvalue weighted by Gasteiger charge is 2.32. The van der Waals surface area contributed by atoms with E-state index in [1.54, 1.807) is 0 Å². The van der Waals surface area contributed by atoms with Crippen LogP contribution in [0.4, 0.5) is 0 Å². The minimum atomic E-state index is 0.0392. The van der Waals surface area contributed by atoms with Crippen molar-refractivity contribution in [2.24, 2.45) is 5.41 Å². The molecule has 2 heteroatoms. The van der Waals surface area contributed by atoms with E-state index in [0.717, 1.165) is 6.42 Å². The van der Waals surface area contributed by atoms with Gasteiger partial charge in [-0.3, -0.25) is 5.32 Å². The van der Waals surface area contributed by atoms with E-state index in [1.165, 1.54) is 25.7 Å². The predicted octanol–water partition coefficient (Wildman–Crippen LogP) is 2.85. The first-order valence-electron chi connectivity index (χ1n) is 5.76. The van der Waals surface area contributed by atoms with Crippen LogP contribution >= 0.6 is 0 Å². The Balaban J connectivity index is 2.53. The van der Waals surface area contributed by atoms with Gasteiger partial charge in [0.25, 0.3) is 0 Å². The lowest BCUT2D eigenvalue weighted by molar-refractivity contribution is 0.161. The van der Waals surface area contributed by atoms with Crippen molar-refractivity contribution in [2.75, 3.05) is 0 Å². The van der Waals surface area contributed by atoms with Crippen molar-refractivity contribution in [1.29, 1.82) is 5.26 Å². The molecule has 0 amide bonds. The Hall–Kier alpha value is -0.550. The molecule has 80 valence electrons. The van der Waals surface area contributed by atoms with Crippen molar-refractivity contribution in [2.45, 2.75) is 65.0 Å². The number of nitriles is 1. The average Bonchev–Trinajstić information content (AvgIpc) is 2.16. The number of hydrogen-bond donors (Lipinski definition) is 1. The van der Waals surface area contributed by atoms with E-state index >= 15 is 0 Å². The topological polar surface area (TPSA) is 35.8 Å². The van der Waals surface area contributed by atoms with Gasteiger partial charge in [-0.25, -0.2) is 0 Å². The van der Waals surface area contributed by atoms with E-state index in [1.807, 2.05) is 0 Å². The van der Waals surface area contributed by atoms with Gasteiger partial charge in [0.05, 0.1) is 12.1 Å². The third-order valence-electron chi connectivity index (χ3n) is 3.47. The fourth-order valence-corrected chi connectivity index (χ4v) is 2.29. The summed E-state index contributed by atoms with van der Waals surface area (Å²) in [5.41, 5.74) is 0.364. The molecule has 0 spiro atoms. The van der Waals surface area contributed by atoms with Gasteiger partial charge < -0.3 is 0 Å². The van der Waals surface area contributed by atoms with Gasteiger partial charge in [0.1, 0.15) is 0 Å². The molecule has 0 aromatic carbocycles. The van der Waals surface area contributed by atoms with Crippen molar-refractivity contribution in [3.05, 3.63) is 0 Å². The molecule has 1 aliphatic rings. The van der Waals surface area contributed by atoms with E-state index in [2.05, 4.69) is 32.2 Å². The van der Waals surface area contributed by atoms with E-state index in [9.17, 15) is 0 Å². The van der Waals surface area contributed by atoms with Gasteiger partial charge >= 0.3 is 0 Å². The summed E-state index contributed by atoms with van der Waals surface area (Å²) in [6.07, 6.45) is 6.07. The van der Waals surface area contributed by atoms with Gasteiger partial charge in [0.15, 0.2) is 0 Å². The molecule has 1 saturated carbocycles. The third-order valence-corrected chi connectivity index (χ3v) is 3.47. The van der Waals surface area contributed by atoms with Crippen molar-refractivity contribution in [3.8, 4) is 6.07 Å². The lowest BCUT2D eigenvalue weighted by Crippen LogP contribution is -2.48. The standard InChI is InChI=1S/C12H22N2/c1-4-10(9-13)14-11-7-5-6-8-12(11,2)3/h10-11,14H,4-8H2,1-3H3. The summed E-state index contributed by atoms with van der Waals surface area (Å²) in [6, 6.07) is 2.89. The number of nitrogens with zero attached hydrogens (tertiary/aromatic N) is 1. The van der Waals surface area contributed by atoms with Gasteiger partial charge in [-0.15, -0.1) is 0 Å². The van der Waals surface area contributed by atoms with Gasteiger partial charge in [-0.05, 0) is 24.7 Å². The van der Waals surface area contributed by atoms with Crippen LogP contribution in [0.5, 0.6) is 0 Å². The minimum Gasteiger partial charge on any atom is -0.299 e. The van der Waals surface area contributed by atoms with Crippen LogP contribution in [0.25, 0.3) is 0 Å². The Morgan fingerprint density at radius 1 is 1.50 bits per heavy atom. The van der Waals surface area contributed by atoms with Crippen molar-refractivity contribution >= 4 is 0 Å². The van der Waals surface area contributed by atoms with Crippen LogP contribution in [-0.2, 0) is 0 Å². The molecule has 1 aliphatic carbocycles. The van der Waals surface area contributed by atoms with Crippen LogP contribution in [0, 0.1) is 16.7 Å². The quantitative estimate of drug-likeness (QED) is 0.750. The van der Waals surface area contributed by atoms with Crippen molar-refractivity contribution in [3.63, 3.8) is 0 Å². The van der Waals surface area contributed by atoms with Crippen molar-refractivity contribution < 1.29 is 0 Å². The lowest BCUT2D eigenvalue weighted by Gasteiger charge is -2.40. The molecule has 2 nitrogen and oxygen atoms in total. The molecule has 0 aliphatic heterocycles. The van der Waals surface area contributed by atoms with Crippen molar-refractivity contribution in [1.82, 2.24) is 5.32 Å². The molecule has 0 aromatic heterocycles. The first-order chi connectivity index (χ1) is 6.60. The van der Waals surface area contributed by atoms with Gasteiger partial charge in [-0.1, -0.05) is 33.6 Å². The second kappa shape index (κ2) is 4.79. The maximum absolute atomic E-state index is 8.91. The molecule has 0 bridgehead atoms. The zero-order valence-electron chi connectivity index (χ0n) is 9.64. The summed E-state index contributed by atoms with van der Waals surface area (Å²) in [6.45, 7) is 6.69. The predicted molar refractivity (Wildman–Crippen MR) is 58.9 cm³/mol. The van der Waals surface area contributed by atoms with Gasteiger partial charge in [0.2, 0.25) is 0 Å². The summed E-state index contributed by atoms with van der Waals surface area (Å²) in [5, 5.41) is 12.4. The molecule has 0 heterocycles. The summed E-state index contributed by atoms with van der Waals surface area (Å²) in [4.78, 5) is 0. The second-order valence-electron chi connectivity index (χ2n) is 5.04. The summed E-state index contributed by atoms with van der Waals surface area (Å²) in [7, 11) is 0. The van der Waals surface area contributed by atoms with E-state index in [4.69, 9.17) is 5.26 Å². The van der Waals surface area contributed by atoms with Crippen LogP contribution in [0.1, 0.15) is 52.9 Å². The summed E-state index contributed by atoms with van der Waals surface area (Å²) < 4.78 is 0. The molecule has 1 rings (SSSR count). The van der Waals surface area contributed by atoms with E-state index in [-0.39, 0.29) is 6.04 Å². The van der Waals surface area contributed by atoms with E-state index in [0.29, 0.717) is 11.5 Å². The molecule has 1 fully saturated rings. The Labute approximate surface area is 87.7 Å². The minimum absolute atomic E-state index is 0.0392. The molecule has 0 aromatic rings. The monoisotopic (exact) mass is 194 g/mol. The number of hydrogen-bond acceptors (Lipinski definition) is 2. The lowest BCUT2D eigenvalue weighted by atomic mass is 9.73. The normalized spacial score (nSPS) is 28.0. The fourth-order valence-electron chi connectivity index (χ4n) is 2.29. The maximum Gasteiger partial charge on any atom is 0.0952 e. The highest BCUT2D eigenvalue weighted by molar-refractivity contribution is 4.96. The third kappa shape index (κ3) is 2.72. The van der Waals surface area contributed by atoms with Crippen LogP contribution < -0.4 is 5.32 Å². The maximum atomic E-state index is 8.91. The average molecular weight is 194 g/mol. The highest BCUT2D eigenvalue weighted by Crippen LogP contribution is 2.35. The fraction of sp³-hybridized carbons (Fsp3) is 0.917. The Bertz CT molecular complexity index is 215. The Morgan fingerprint density at radius 3 is 2.71 bits per heavy atom. The second-order valence-corrected chi connectivity index (χ2v) is 5.04. The van der Waals surface area contributed by atoms with Crippen LogP contribution in [0.3, 0.4) is 0 Å². The molecular weight excluding hydrogens is 172 g/mol. The molecule has 2 unspecified atom stereocenters. The molecule has 1 N–H and O–H groups in total. The van der Waals surface area contributed by atoms with E-state index < -0.39 is 0 Å². The molecule has 0 saturated heterocycles. The smallest absolute Gasteiger partial charge is 0.0952 e. The first kappa shape index (κ1) is 11.5. The zero-order chi connectivity index (χ0) is 10.6.